The fraction of sp³-hybridized carbons (Fsp3) is 0.833. The second-order valence-corrected chi connectivity index (χ2v) is 4.61. The van der Waals surface area contributed by atoms with Crippen LogP contribution in [0.1, 0.15) is 45.9 Å². The minimum Gasteiger partial charge on any atom is -0.327 e. The first-order valence-corrected chi connectivity index (χ1v) is 6.29. The monoisotopic (exact) mass is 224 g/mol. The fourth-order valence-corrected chi connectivity index (χ4v) is 1.85. The maximum Gasteiger partial charge on any atom is 0.138 e. The Morgan fingerprint density at radius 3 is 2.81 bits per heavy atom. The first-order valence-electron chi connectivity index (χ1n) is 6.29. The molecule has 0 saturated heterocycles. The first-order chi connectivity index (χ1) is 7.67. The molecule has 0 aliphatic heterocycles. The van der Waals surface area contributed by atoms with Crippen molar-refractivity contribution in [2.75, 3.05) is 0 Å². The van der Waals surface area contributed by atoms with E-state index in [1.807, 2.05) is 4.68 Å². The summed E-state index contributed by atoms with van der Waals surface area (Å²) in [4.78, 5) is 4.28. The Hall–Kier alpha value is -0.900. The molecule has 0 saturated carbocycles. The standard InChI is InChI=1S/C12H24N4/c1-4-6-16-12(14-9-15-16)8-11(13)7-10(3)5-2/h9-11H,4-8,13H2,1-3H3. The molecule has 1 aromatic heterocycles. The van der Waals surface area contributed by atoms with Gasteiger partial charge in [0.25, 0.3) is 0 Å². The van der Waals surface area contributed by atoms with E-state index in [-0.39, 0.29) is 6.04 Å². The van der Waals surface area contributed by atoms with Crippen LogP contribution in [0.25, 0.3) is 0 Å². The minimum absolute atomic E-state index is 0.203. The zero-order valence-electron chi connectivity index (χ0n) is 10.7. The van der Waals surface area contributed by atoms with Crippen LogP contribution in [0, 0.1) is 5.92 Å². The van der Waals surface area contributed by atoms with Gasteiger partial charge in [0.15, 0.2) is 0 Å². The average molecular weight is 224 g/mol. The van der Waals surface area contributed by atoms with Crippen molar-refractivity contribution in [3.63, 3.8) is 0 Å². The molecule has 2 atom stereocenters. The molecule has 0 aliphatic carbocycles. The van der Waals surface area contributed by atoms with Crippen molar-refractivity contribution >= 4 is 0 Å². The van der Waals surface area contributed by atoms with Gasteiger partial charge in [0.1, 0.15) is 12.2 Å². The summed E-state index contributed by atoms with van der Waals surface area (Å²) in [5.74, 6) is 1.72. The summed E-state index contributed by atoms with van der Waals surface area (Å²) in [7, 11) is 0. The van der Waals surface area contributed by atoms with Crippen molar-refractivity contribution in [3.05, 3.63) is 12.2 Å². The molecule has 1 aromatic rings. The lowest BCUT2D eigenvalue weighted by Gasteiger charge is -2.15. The zero-order valence-corrected chi connectivity index (χ0v) is 10.7. The summed E-state index contributed by atoms with van der Waals surface area (Å²) in [6, 6.07) is 0.203. The summed E-state index contributed by atoms with van der Waals surface area (Å²) >= 11 is 0. The highest BCUT2D eigenvalue weighted by Gasteiger charge is 2.12. The molecule has 2 N–H and O–H groups in total. The number of nitrogens with zero attached hydrogens (tertiary/aromatic N) is 3. The molecule has 0 aromatic carbocycles. The highest BCUT2D eigenvalue weighted by atomic mass is 15.3. The molecule has 0 fully saturated rings. The third-order valence-corrected chi connectivity index (χ3v) is 2.98. The summed E-state index contributed by atoms with van der Waals surface area (Å²) in [5, 5.41) is 4.21. The lowest BCUT2D eigenvalue weighted by atomic mass is 9.98. The minimum atomic E-state index is 0.203. The zero-order chi connectivity index (χ0) is 12.0. The second kappa shape index (κ2) is 6.63. The smallest absolute Gasteiger partial charge is 0.138 e. The third-order valence-electron chi connectivity index (χ3n) is 2.98. The largest absolute Gasteiger partial charge is 0.327 e. The van der Waals surface area contributed by atoms with Gasteiger partial charge in [0, 0.05) is 19.0 Å². The van der Waals surface area contributed by atoms with Crippen LogP contribution >= 0.6 is 0 Å². The van der Waals surface area contributed by atoms with Gasteiger partial charge in [0.05, 0.1) is 0 Å². The van der Waals surface area contributed by atoms with Crippen LogP contribution in [-0.2, 0) is 13.0 Å². The topological polar surface area (TPSA) is 56.7 Å². The van der Waals surface area contributed by atoms with Crippen LogP contribution < -0.4 is 5.73 Å². The van der Waals surface area contributed by atoms with E-state index >= 15 is 0 Å². The summed E-state index contributed by atoms with van der Waals surface area (Å²) in [5.41, 5.74) is 6.13. The first kappa shape index (κ1) is 13.2. The van der Waals surface area contributed by atoms with Crippen molar-refractivity contribution in [2.45, 2.75) is 59.0 Å². The van der Waals surface area contributed by atoms with E-state index in [0.717, 1.165) is 31.6 Å². The molecule has 4 nitrogen and oxygen atoms in total. The summed E-state index contributed by atoms with van der Waals surface area (Å²) < 4.78 is 1.97. The Morgan fingerprint density at radius 2 is 2.19 bits per heavy atom. The molecule has 0 radical (unpaired) electrons. The van der Waals surface area contributed by atoms with Crippen molar-refractivity contribution in [1.29, 1.82) is 0 Å². The van der Waals surface area contributed by atoms with E-state index in [1.54, 1.807) is 6.33 Å². The van der Waals surface area contributed by atoms with Gasteiger partial charge in [-0.3, -0.25) is 4.68 Å². The molecule has 0 bridgehead atoms. The van der Waals surface area contributed by atoms with Gasteiger partial charge in [-0.25, -0.2) is 4.98 Å². The van der Waals surface area contributed by atoms with Gasteiger partial charge in [-0.1, -0.05) is 27.2 Å². The molecule has 16 heavy (non-hydrogen) atoms. The number of aromatic nitrogens is 3. The van der Waals surface area contributed by atoms with Crippen molar-refractivity contribution < 1.29 is 0 Å². The fourth-order valence-electron chi connectivity index (χ4n) is 1.85. The van der Waals surface area contributed by atoms with Gasteiger partial charge in [-0.15, -0.1) is 0 Å². The number of hydrogen-bond acceptors (Lipinski definition) is 3. The Balaban J connectivity index is 2.48. The SMILES string of the molecule is CCCn1ncnc1CC(N)CC(C)CC. The van der Waals surface area contributed by atoms with E-state index in [9.17, 15) is 0 Å². The Morgan fingerprint density at radius 1 is 1.44 bits per heavy atom. The molecule has 0 aliphatic rings. The summed E-state index contributed by atoms with van der Waals surface area (Å²) in [6.45, 7) is 7.53. The average Bonchev–Trinajstić information content (AvgIpc) is 2.66. The van der Waals surface area contributed by atoms with E-state index < -0.39 is 0 Å². The van der Waals surface area contributed by atoms with E-state index in [4.69, 9.17) is 5.73 Å². The van der Waals surface area contributed by atoms with Crippen molar-refractivity contribution in [3.8, 4) is 0 Å². The molecule has 0 amide bonds. The number of hydrogen-bond donors (Lipinski definition) is 1. The molecule has 1 heterocycles. The summed E-state index contributed by atoms with van der Waals surface area (Å²) in [6.07, 6.45) is 5.80. The van der Waals surface area contributed by atoms with Gasteiger partial charge in [-0.2, -0.15) is 5.10 Å². The molecule has 0 spiro atoms. The normalized spacial score (nSPS) is 15.0. The van der Waals surface area contributed by atoms with Gasteiger partial charge in [-0.05, 0) is 18.8 Å². The maximum atomic E-state index is 6.13. The Bertz CT molecular complexity index is 295. The Kier molecular flexibility index (Phi) is 5.46. The quantitative estimate of drug-likeness (QED) is 0.770. The molecular weight excluding hydrogens is 200 g/mol. The Labute approximate surface area is 98.2 Å². The predicted octanol–water partition coefficient (Wildman–Crippen LogP) is 1.99. The van der Waals surface area contributed by atoms with Crippen LogP contribution in [0.3, 0.4) is 0 Å². The van der Waals surface area contributed by atoms with Gasteiger partial charge in [0.2, 0.25) is 0 Å². The third kappa shape index (κ3) is 3.93. The van der Waals surface area contributed by atoms with Gasteiger partial charge < -0.3 is 5.73 Å². The highest BCUT2D eigenvalue weighted by molar-refractivity contribution is 4.89. The lowest BCUT2D eigenvalue weighted by Crippen LogP contribution is -2.27. The van der Waals surface area contributed by atoms with Crippen LogP contribution in [0.2, 0.25) is 0 Å². The van der Waals surface area contributed by atoms with Crippen LogP contribution in [-0.4, -0.2) is 20.8 Å². The van der Waals surface area contributed by atoms with E-state index in [2.05, 4.69) is 30.9 Å². The number of nitrogens with two attached hydrogens (primary N) is 1. The van der Waals surface area contributed by atoms with Crippen LogP contribution in [0.15, 0.2) is 6.33 Å². The molecule has 4 heteroatoms. The number of aryl methyl sites for hydroxylation is 1. The van der Waals surface area contributed by atoms with Crippen LogP contribution in [0.4, 0.5) is 0 Å². The second-order valence-electron chi connectivity index (χ2n) is 4.61. The molecular formula is C12H24N4. The van der Waals surface area contributed by atoms with Crippen molar-refractivity contribution in [1.82, 2.24) is 14.8 Å². The molecule has 2 unspecified atom stereocenters. The highest BCUT2D eigenvalue weighted by Crippen LogP contribution is 2.11. The van der Waals surface area contributed by atoms with Crippen molar-refractivity contribution in [2.24, 2.45) is 11.7 Å². The molecule has 92 valence electrons. The lowest BCUT2D eigenvalue weighted by molar-refractivity contribution is 0.436. The maximum absolute atomic E-state index is 6.13. The van der Waals surface area contributed by atoms with Crippen LogP contribution in [0.5, 0.6) is 0 Å². The number of rotatable bonds is 7. The van der Waals surface area contributed by atoms with E-state index in [1.165, 1.54) is 6.42 Å². The molecule has 1 rings (SSSR count). The van der Waals surface area contributed by atoms with Gasteiger partial charge >= 0.3 is 0 Å². The van der Waals surface area contributed by atoms with E-state index in [0.29, 0.717) is 5.92 Å². The predicted molar refractivity (Wildman–Crippen MR) is 66.1 cm³/mol.